The molecule has 0 bridgehead atoms. The lowest BCUT2D eigenvalue weighted by Gasteiger charge is -2.36. The maximum Gasteiger partial charge on any atom is 0.325 e. The third-order valence-electron chi connectivity index (χ3n) is 5.27. The number of carbonyl (C=O) groups is 3. The Morgan fingerprint density at radius 2 is 2.16 bits per heavy atom. The van der Waals surface area contributed by atoms with Crippen LogP contribution in [0.25, 0.3) is 0 Å². The smallest absolute Gasteiger partial charge is 0.324 e. The Bertz CT molecular complexity index is 736. The van der Waals surface area contributed by atoms with Crippen LogP contribution in [0.4, 0.5) is 10.5 Å². The molecule has 7 heteroatoms. The molecule has 2 fully saturated rings. The van der Waals surface area contributed by atoms with Crippen molar-refractivity contribution in [3.05, 3.63) is 27.3 Å². The number of anilines is 1. The second kappa shape index (κ2) is 6.93. The lowest BCUT2D eigenvalue weighted by Crippen LogP contribution is -2.54. The van der Waals surface area contributed by atoms with Gasteiger partial charge in [-0.05, 0) is 72.0 Å². The van der Waals surface area contributed by atoms with Gasteiger partial charge in [-0.25, -0.2) is 4.79 Å². The number of amides is 4. The minimum atomic E-state index is -0.825. The van der Waals surface area contributed by atoms with Gasteiger partial charge in [0, 0.05) is 9.26 Å². The summed E-state index contributed by atoms with van der Waals surface area (Å²) in [6, 6.07) is 5.22. The SMILES string of the molecule is Cc1cc(I)ccc1NC(=O)CN1C(=O)NC2(CCCCC2C)C1=O. The molecule has 1 aromatic rings. The average Bonchev–Trinajstić information content (AvgIpc) is 2.78. The zero-order valence-corrected chi connectivity index (χ0v) is 16.6. The normalized spacial score (nSPS) is 26.0. The van der Waals surface area contributed by atoms with Crippen LogP contribution in [0.2, 0.25) is 0 Å². The number of rotatable bonds is 3. The van der Waals surface area contributed by atoms with Crippen LogP contribution >= 0.6 is 22.6 Å². The van der Waals surface area contributed by atoms with Gasteiger partial charge in [-0.1, -0.05) is 19.8 Å². The molecule has 1 aromatic carbocycles. The molecule has 1 saturated heterocycles. The van der Waals surface area contributed by atoms with Crippen LogP contribution in [0.5, 0.6) is 0 Å². The first-order valence-electron chi connectivity index (χ1n) is 8.53. The molecular weight excluding hydrogens is 433 g/mol. The molecule has 0 radical (unpaired) electrons. The molecule has 1 aliphatic heterocycles. The zero-order chi connectivity index (χ0) is 18.2. The van der Waals surface area contributed by atoms with Crippen molar-refractivity contribution in [3.63, 3.8) is 0 Å². The number of imide groups is 1. The molecule has 3 rings (SSSR count). The van der Waals surface area contributed by atoms with Crippen molar-refractivity contribution in [1.82, 2.24) is 10.2 Å². The van der Waals surface area contributed by atoms with E-state index in [1.54, 1.807) is 0 Å². The van der Waals surface area contributed by atoms with Crippen molar-refractivity contribution in [2.75, 3.05) is 11.9 Å². The highest BCUT2D eigenvalue weighted by molar-refractivity contribution is 14.1. The number of hydrogen-bond acceptors (Lipinski definition) is 3. The Labute approximate surface area is 160 Å². The van der Waals surface area contributed by atoms with Crippen LogP contribution in [0.15, 0.2) is 18.2 Å². The molecule has 0 aromatic heterocycles. The molecule has 134 valence electrons. The highest BCUT2D eigenvalue weighted by atomic mass is 127. The van der Waals surface area contributed by atoms with Crippen LogP contribution in [-0.2, 0) is 9.59 Å². The quantitative estimate of drug-likeness (QED) is 0.544. The summed E-state index contributed by atoms with van der Waals surface area (Å²) in [6.45, 7) is 3.64. The van der Waals surface area contributed by atoms with Gasteiger partial charge in [-0.2, -0.15) is 0 Å². The number of aryl methyl sites for hydroxylation is 1. The maximum absolute atomic E-state index is 12.9. The summed E-state index contributed by atoms with van der Waals surface area (Å²) < 4.78 is 1.08. The molecule has 1 saturated carbocycles. The number of urea groups is 1. The van der Waals surface area contributed by atoms with E-state index in [0.29, 0.717) is 12.1 Å². The van der Waals surface area contributed by atoms with Crippen LogP contribution in [-0.4, -0.2) is 34.8 Å². The number of carbonyl (C=O) groups excluding carboxylic acids is 3. The van der Waals surface area contributed by atoms with E-state index in [9.17, 15) is 14.4 Å². The Hall–Kier alpha value is -1.64. The Kier molecular flexibility index (Phi) is 5.04. The third kappa shape index (κ3) is 3.38. The summed E-state index contributed by atoms with van der Waals surface area (Å²) in [6.07, 6.45) is 3.54. The minimum absolute atomic E-state index is 0.0872. The van der Waals surface area contributed by atoms with Crippen LogP contribution in [0.1, 0.15) is 38.2 Å². The Morgan fingerprint density at radius 1 is 1.40 bits per heavy atom. The van der Waals surface area contributed by atoms with E-state index in [4.69, 9.17) is 0 Å². The van der Waals surface area contributed by atoms with Gasteiger partial charge >= 0.3 is 6.03 Å². The number of hydrogen-bond donors (Lipinski definition) is 2. The molecule has 4 amide bonds. The van der Waals surface area contributed by atoms with Gasteiger partial charge in [0.25, 0.3) is 5.91 Å². The lowest BCUT2D eigenvalue weighted by molar-refractivity contribution is -0.136. The molecule has 6 nitrogen and oxygen atoms in total. The maximum atomic E-state index is 12.9. The fourth-order valence-electron chi connectivity index (χ4n) is 3.74. The van der Waals surface area contributed by atoms with Gasteiger partial charge < -0.3 is 10.6 Å². The van der Waals surface area contributed by atoms with Gasteiger partial charge in [0.15, 0.2) is 0 Å². The molecule has 1 heterocycles. The fourth-order valence-corrected chi connectivity index (χ4v) is 4.39. The van der Waals surface area contributed by atoms with Crippen molar-refractivity contribution in [2.24, 2.45) is 5.92 Å². The molecule has 1 spiro atoms. The lowest BCUT2D eigenvalue weighted by atomic mass is 9.73. The van der Waals surface area contributed by atoms with E-state index in [0.717, 1.165) is 33.3 Å². The van der Waals surface area contributed by atoms with E-state index >= 15 is 0 Å². The molecule has 1 aliphatic carbocycles. The highest BCUT2D eigenvalue weighted by Crippen LogP contribution is 2.38. The van der Waals surface area contributed by atoms with E-state index in [2.05, 4.69) is 33.2 Å². The first kappa shape index (κ1) is 18.2. The summed E-state index contributed by atoms with van der Waals surface area (Å²) in [4.78, 5) is 38.6. The van der Waals surface area contributed by atoms with Gasteiger partial charge in [0.1, 0.15) is 12.1 Å². The fraction of sp³-hybridized carbons (Fsp3) is 0.500. The predicted molar refractivity (Wildman–Crippen MR) is 103 cm³/mol. The monoisotopic (exact) mass is 455 g/mol. The Morgan fingerprint density at radius 3 is 2.84 bits per heavy atom. The van der Waals surface area contributed by atoms with Crippen molar-refractivity contribution in [1.29, 1.82) is 0 Å². The van der Waals surface area contributed by atoms with Crippen molar-refractivity contribution < 1.29 is 14.4 Å². The van der Waals surface area contributed by atoms with Crippen molar-refractivity contribution >= 4 is 46.1 Å². The topological polar surface area (TPSA) is 78.5 Å². The van der Waals surface area contributed by atoms with E-state index < -0.39 is 11.6 Å². The first-order valence-corrected chi connectivity index (χ1v) is 9.61. The first-order chi connectivity index (χ1) is 11.8. The van der Waals surface area contributed by atoms with Gasteiger partial charge in [-0.15, -0.1) is 0 Å². The van der Waals surface area contributed by atoms with Gasteiger partial charge in [0.2, 0.25) is 5.91 Å². The second-order valence-corrected chi connectivity index (χ2v) is 8.19. The highest BCUT2D eigenvalue weighted by Gasteiger charge is 2.55. The summed E-state index contributed by atoms with van der Waals surface area (Å²) >= 11 is 2.21. The van der Waals surface area contributed by atoms with E-state index in [-0.39, 0.29) is 24.3 Å². The van der Waals surface area contributed by atoms with E-state index in [1.165, 1.54) is 0 Å². The van der Waals surface area contributed by atoms with Crippen molar-refractivity contribution in [2.45, 2.75) is 45.1 Å². The molecule has 2 N–H and O–H groups in total. The number of nitrogens with one attached hydrogen (secondary N) is 2. The number of halogens is 1. The molecule has 2 atom stereocenters. The second-order valence-electron chi connectivity index (χ2n) is 6.95. The van der Waals surface area contributed by atoms with Crippen molar-refractivity contribution in [3.8, 4) is 0 Å². The van der Waals surface area contributed by atoms with Crippen LogP contribution < -0.4 is 10.6 Å². The number of benzene rings is 1. The summed E-state index contributed by atoms with van der Waals surface area (Å²) in [5, 5.41) is 5.66. The summed E-state index contributed by atoms with van der Waals surface area (Å²) in [7, 11) is 0. The van der Waals surface area contributed by atoms with Gasteiger partial charge in [0.05, 0.1) is 0 Å². The number of nitrogens with zero attached hydrogens (tertiary/aromatic N) is 1. The minimum Gasteiger partial charge on any atom is -0.324 e. The van der Waals surface area contributed by atoms with E-state index in [1.807, 2.05) is 32.0 Å². The predicted octanol–water partition coefficient (Wildman–Crippen LogP) is 3.04. The molecule has 2 unspecified atom stereocenters. The molecule has 2 aliphatic rings. The van der Waals surface area contributed by atoms with Crippen LogP contribution in [0.3, 0.4) is 0 Å². The molecular formula is C18H22IN3O3. The zero-order valence-electron chi connectivity index (χ0n) is 14.4. The summed E-state index contributed by atoms with van der Waals surface area (Å²) in [5.74, 6) is -0.545. The largest absolute Gasteiger partial charge is 0.325 e. The average molecular weight is 455 g/mol. The third-order valence-corrected chi connectivity index (χ3v) is 5.94. The van der Waals surface area contributed by atoms with Crippen LogP contribution in [0, 0.1) is 16.4 Å². The Balaban J connectivity index is 1.71. The summed E-state index contributed by atoms with van der Waals surface area (Å²) in [5.41, 5.74) is 0.807. The standard InChI is InChI=1S/C18H22IN3O3/c1-11-9-13(19)6-7-14(11)20-15(23)10-22-16(24)18(21-17(22)25)8-4-3-5-12(18)2/h6-7,9,12H,3-5,8,10H2,1-2H3,(H,20,23)(H,21,25). The molecule has 25 heavy (non-hydrogen) atoms. The van der Waals surface area contributed by atoms with Gasteiger partial charge in [-0.3, -0.25) is 14.5 Å².